The van der Waals surface area contributed by atoms with Crippen LogP contribution in [0.5, 0.6) is 5.75 Å². The van der Waals surface area contributed by atoms with Gasteiger partial charge in [-0.1, -0.05) is 35.9 Å². The molecule has 0 radical (unpaired) electrons. The molecule has 5 heteroatoms. The average Bonchev–Trinajstić information content (AvgIpc) is 2.52. The summed E-state index contributed by atoms with van der Waals surface area (Å²) in [5, 5.41) is 9.88. The Morgan fingerprint density at radius 3 is 2.68 bits per heavy atom. The molecule has 0 saturated heterocycles. The summed E-state index contributed by atoms with van der Waals surface area (Å²) in [4.78, 5) is 11.2. The van der Waals surface area contributed by atoms with Gasteiger partial charge >= 0.3 is 5.97 Å². The summed E-state index contributed by atoms with van der Waals surface area (Å²) in [6, 6.07) is 16.0. The van der Waals surface area contributed by atoms with Crippen molar-refractivity contribution in [2.75, 3.05) is 5.88 Å². The quantitative estimate of drug-likeness (QED) is 0.271. The maximum absolute atomic E-state index is 11.2. The SMILES string of the molecule is N#C/C(=C/c1cccc(OC(=O)CCl)c1)c1cccc(Cl)c1. The first-order valence-corrected chi connectivity index (χ1v) is 7.28. The molecule has 0 heterocycles. The van der Waals surface area contributed by atoms with Gasteiger partial charge in [0.1, 0.15) is 11.6 Å². The third-order valence-corrected chi connectivity index (χ3v) is 3.22. The number of esters is 1. The van der Waals surface area contributed by atoms with Crippen molar-refractivity contribution in [2.24, 2.45) is 0 Å². The Bertz CT molecular complexity index is 763. The molecule has 0 aliphatic heterocycles. The molecule has 0 amide bonds. The second kappa shape index (κ2) is 7.65. The van der Waals surface area contributed by atoms with Gasteiger partial charge in [0.05, 0.1) is 11.6 Å². The third kappa shape index (κ3) is 4.36. The molecule has 0 atom stereocenters. The predicted octanol–water partition coefficient (Wildman–Crippen LogP) is 4.55. The van der Waals surface area contributed by atoms with E-state index in [0.29, 0.717) is 16.3 Å². The Labute approximate surface area is 138 Å². The zero-order chi connectivity index (χ0) is 15.9. The molecule has 3 nitrogen and oxygen atoms in total. The molecule has 0 saturated carbocycles. The lowest BCUT2D eigenvalue weighted by molar-refractivity contribution is -0.131. The Balaban J connectivity index is 2.32. The van der Waals surface area contributed by atoms with Gasteiger partial charge < -0.3 is 4.74 Å². The number of rotatable bonds is 4. The largest absolute Gasteiger partial charge is 0.426 e. The number of hydrogen-bond acceptors (Lipinski definition) is 3. The molecule has 0 aromatic heterocycles. The van der Waals surface area contributed by atoms with Crippen LogP contribution in [0.15, 0.2) is 48.5 Å². The normalized spacial score (nSPS) is 10.9. The standard InChI is InChI=1S/C17H11Cl2NO2/c18-10-17(21)22-16-6-1-3-12(8-16)7-14(11-20)13-4-2-5-15(19)9-13/h1-9H,10H2/b14-7-. The maximum Gasteiger partial charge on any atom is 0.326 e. The van der Waals surface area contributed by atoms with Crippen LogP contribution in [-0.2, 0) is 4.79 Å². The first kappa shape index (κ1) is 16.1. The molecule has 2 rings (SSSR count). The van der Waals surface area contributed by atoms with Gasteiger partial charge in [-0.05, 0) is 41.5 Å². The van der Waals surface area contributed by atoms with Gasteiger partial charge in [-0.25, -0.2) is 0 Å². The fourth-order valence-corrected chi connectivity index (χ4v) is 2.07. The zero-order valence-corrected chi connectivity index (χ0v) is 12.9. The fraction of sp³-hybridized carbons (Fsp3) is 0.0588. The fourth-order valence-electron chi connectivity index (χ4n) is 1.83. The molecule has 0 N–H and O–H groups in total. The second-order valence-corrected chi connectivity index (χ2v) is 5.06. The number of nitrogens with zero attached hydrogens (tertiary/aromatic N) is 1. The van der Waals surface area contributed by atoms with Crippen molar-refractivity contribution in [3.05, 3.63) is 64.7 Å². The summed E-state index contributed by atoms with van der Waals surface area (Å²) in [6.45, 7) is 0. The van der Waals surface area contributed by atoms with Crippen LogP contribution in [0.25, 0.3) is 11.6 Å². The van der Waals surface area contributed by atoms with Crippen molar-refractivity contribution >= 4 is 40.8 Å². The van der Waals surface area contributed by atoms with Gasteiger partial charge in [-0.2, -0.15) is 5.26 Å². The van der Waals surface area contributed by atoms with Crippen molar-refractivity contribution in [3.63, 3.8) is 0 Å². The van der Waals surface area contributed by atoms with Crippen LogP contribution >= 0.6 is 23.2 Å². The number of hydrogen-bond donors (Lipinski definition) is 0. The highest BCUT2D eigenvalue weighted by Gasteiger charge is 2.05. The molecule has 2 aromatic carbocycles. The number of nitriles is 1. The van der Waals surface area contributed by atoms with E-state index in [0.717, 1.165) is 11.1 Å². The van der Waals surface area contributed by atoms with Crippen molar-refractivity contribution < 1.29 is 9.53 Å². The van der Waals surface area contributed by atoms with Gasteiger partial charge in [-0.3, -0.25) is 4.79 Å². The summed E-state index contributed by atoms with van der Waals surface area (Å²) in [5.41, 5.74) is 1.91. The summed E-state index contributed by atoms with van der Waals surface area (Å²) < 4.78 is 5.04. The highest BCUT2D eigenvalue weighted by molar-refractivity contribution is 6.30. The second-order valence-electron chi connectivity index (χ2n) is 4.36. The number of benzene rings is 2. The monoisotopic (exact) mass is 331 g/mol. The van der Waals surface area contributed by atoms with E-state index in [1.54, 1.807) is 54.6 Å². The Hall–Kier alpha value is -2.28. The van der Waals surface area contributed by atoms with E-state index >= 15 is 0 Å². The molecule has 0 aliphatic carbocycles. The zero-order valence-electron chi connectivity index (χ0n) is 11.4. The van der Waals surface area contributed by atoms with Crippen LogP contribution in [-0.4, -0.2) is 11.8 Å². The Morgan fingerprint density at radius 2 is 2.00 bits per heavy atom. The topological polar surface area (TPSA) is 50.1 Å². The van der Waals surface area contributed by atoms with Crippen molar-refractivity contribution in [2.45, 2.75) is 0 Å². The minimum absolute atomic E-state index is 0.216. The molecule has 0 aliphatic rings. The van der Waals surface area contributed by atoms with Crippen molar-refractivity contribution in [3.8, 4) is 11.8 Å². The van der Waals surface area contributed by atoms with Gasteiger partial charge in [0.25, 0.3) is 0 Å². The van der Waals surface area contributed by atoms with Crippen LogP contribution in [0.2, 0.25) is 5.02 Å². The summed E-state index contributed by atoms with van der Waals surface area (Å²) in [6.07, 6.45) is 1.70. The molecule has 0 bridgehead atoms. The van der Waals surface area contributed by atoms with Crippen LogP contribution in [0.1, 0.15) is 11.1 Å². The summed E-state index contributed by atoms with van der Waals surface area (Å²) in [7, 11) is 0. The lowest BCUT2D eigenvalue weighted by atomic mass is 10.0. The molecule has 110 valence electrons. The van der Waals surface area contributed by atoms with E-state index < -0.39 is 5.97 Å². The Kier molecular flexibility index (Phi) is 5.60. The van der Waals surface area contributed by atoms with E-state index in [1.807, 2.05) is 0 Å². The van der Waals surface area contributed by atoms with Gasteiger partial charge in [0.15, 0.2) is 0 Å². The molecule has 0 unspecified atom stereocenters. The van der Waals surface area contributed by atoms with Gasteiger partial charge in [0, 0.05) is 5.02 Å². The molecular formula is C17H11Cl2NO2. The minimum atomic E-state index is -0.529. The first-order chi connectivity index (χ1) is 10.6. The number of halogens is 2. The molecular weight excluding hydrogens is 321 g/mol. The van der Waals surface area contributed by atoms with Crippen LogP contribution < -0.4 is 4.74 Å². The molecule has 22 heavy (non-hydrogen) atoms. The highest BCUT2D eigenvalue weighted by Crippen LogP contribution is 2.22. The van der Waals surface area contributed by atoms with E-state index in [1.165, 1.54) is 0 Å². The number of alkyl halides is 1. The molecule has 0 spiro atoms. The lowest BCUT2D eigenvalue weighted by Crippen LogP contribution is -2.08. The highest BCUT2D eigenvalue weighted by atomic mass is 35.5. The predicted molar refractivity (Wildman–Crippen MR) is 87.7 cm³/mol. The van der Waals surface area contributed by atoms with Gasteiger partial charge in [0.2, 0.25) is 0 Å². The maximum atomic E-state index is 11.2. The van der Waals surface area contributed by atoms with Crippen LogP contribution in [0, 0.1) is 11.3 Å². The molecule has 0 fully saturated rings. The average molecular weight is 332 g/mol. The van der Waals surface area contributed by atoms with Crippen LogP contribution in [0.4, 0.5) is 0 Å². The van der Waals surface area contributed by atoms with E-state index in [9.17, 15) is 10.1 Å². The van der Waals surface area contributed by atoms with E-state index in [4.69, 9.17) is 27.9 Å². The van der Waals surface area contributed by atoms with Gasteiger partial charge in [-0.15, -0.1) is 11.6 Å². The van der Waals surface area contributed by atoms with E-state index in [2.05, 4.69) is 6.07 Å². The first-order valence-electron chi connectivity index (χ1n) is 6.37. The van der Waals surface area contributed by atoms with E-state index in [-0.39, 0.29) is 5.88 Å². The Morgan fingerprint density at radius 1 is 1.23 bits per heavy atom. The number of carbonyl (C=O) groups excluding carboxylic acids is 1. The number of allylic oxidation sites excluding steroid dienone is 1. The number of carbonyl (C=O) groups is 1. The molecule has 2 aromatic rings. The summed E-state index contributed by atoms with van der Waals surface area (Å²) >= 11 is 11.3. The van der Waals surface area contributed by atoms with Crippen molar-refractivity contribution in [1.82, 2.24) is 0 Å². The number of ether oxygens (including phenoxy) is 1. The summed E-state index contributed by atoms with van der Waals surface area (Å²) in [5.74, 6) is -0.368. The smallest absolute Gasteiger partial charge is 0.326 e. The minimum Gasteiger partial charge on any atom is -0.426 e. The van der Waals surface area contributed by atoms with Crippen LogP contribution in [0.3, 0.4) is 0 Å². The third-order valence-electron chi connectivity index (χ3n) is 2.77. The lowest BCUT2D eigenvalue weighted by Gasteiger charge is -2.04. The van der Waals surface area contributed by atoms with Crippen molar-refractivity contribution in [1.29, 1.82) is 5.26 Å².